The van der Waals surface area contributed by atoms with Gasteiger partial charge in [0.1, 0.15) is 5.92 Å². The van der Waals surface area contributed by atoms with Gasteiger partial charge in [-0.3, -0.25) is 14.4 Å². The fourth-order valence-electron chi connectivity index (χ4n) is 7.37. The van der Waals surface area contributed by atoms with Gasteiger partial charge in [0.05, 0.1) is 19.9 Å². The van der Waals surface area contributed by atoms with Gasteiger partial charge in [0.15, 0.2) is 5.78 Å². The number of aromatic amines is 3. The Morgan fingerprint density at radius 3 is 2.31 bits per heavy atom. The standard InChI is InChI=1S/C36H40N4O5/c1-9-20-16(3)23-13-25-18(5)22(11-12-29(41)44-7)33(39-25)31-32(36(43)45-8)35(42)30-19(6)26(40-34(30)31)15-28-21(10-2)17(4)24(38-28)14-27(20)37-23/h9,13-15,18,22,32,37-40H,1,10-12H2,2-8H3/b24-14?,25-13-,28-15+,33-31-. The number of allylic oxidation sites excluding steroid dienone is 2. The summed E-state index contributed by atoms with van der Waals surface area (Å²) in [5.41, 5.74) is 11.2. The van der Waals surface area contributed by atoms with E-state index in [4.69, 9.17) is 9.47 Å². The minimum atomic E-state index is -1.12. The minimum absolute atomic E-state index is 0.0606. The first-order valence-corrected chi connectivity index (χ1v) is 15.4. The van der Waals surface area contributed by atoms with Crippen molar-refractivity contribution in [2.75, 3.05) is 14.2 Å². The van der Waals surface area contributed by atoms with E-state index >= 15 is 0 Å². The largest absolute Gasteiger partial charge is 0.469 e. The summed E-state index contributed by atoms with van der Waals surface area (Å²) in [5.74, 6) is -2.59. The molecule has 4 N–H and O–H groups in total. The molecule has 0 saturated carbocycles. The van der Waals surface area contributed by atoms with Crippen molar-refractivity contribution >= 4 is 47.6 Å². The zero-order chi connectivity index (χ0) is 32.3. The second-order valence-corrected chi connectivity index (χ2v) is 12.2. The average Bonchev–Trinajstić information content (AvgIpc) is 3.76. The maximum atomic E-state index is 14.1. The van der Waals surface area contributed by atoms with Crippen molar-refractivity contribution < 1.29 is 23.9 Å². The Bertz CT molecular complexity index is 1980. The first kappa shape index (κ1) is 30.2. The van der Waals surface area contributed by atoms with Gasteiger partial charge in [-0.2, -0.15) is 0 Å². The van der Waals surface area contributed by atoms with Crippen LogP contribution >= 0.6 is 0 Å². The highest BCUT2D eigenvalue weighted by atomic mass is 16.5. The molecule has 2 aliphatic heterocycles. The summed E-state index contributed by atoms with van der Waals surface area (Å²) in [6.45, 7) is 14.4. The predicted octanol–water partition coefficient (Wildman–Crippen LogP) is 4.32. The van der Waals surface area contributed by atoms with Gasteiger partial charge >= 0.3 is 11.9 Å². The molecule has 8 bridgehead atoms. The molecule has 9 nitrogen and oxygen atoms in total. The predicted molar refractivity (Wildman–Crippen MR) is 174 cm³/mol. The highest BCUT2D eigenvalue weighted by Crippen LogP contribution is 2.48. The van der Waals surface area contributed by atoms with Crippen molar-refractivity contribution in [3.05, 3.63) is 84.8 Å². The van der Waals surface area contributed by atoms with E-state index in [-0.39, 0.29) is 30.0 Å². The van der Waals surface area contributed by atoms with Crippen LogP contribution in [0.15, 0.2) is 18.0 Å². The number of nitrogens with one attached hydrogen (secondary N) is 4. The van der Waals surface area contributed by atoms with Crippen molar-refractivity contribution in [1.82, 2.24) is 20.3 Å². The molecule has 0 spiro atoms. The molecule has 3 atom stereocenters. The minimum Gasteiger partial charge on any atom is -0.469 e. The normalized spacial score (nSPS) is 23.4. The Hall–Kier alpha value is -4.79. The molecule has 3 unspecified atom stereocenters. The summed E-state index contributed by atoms with van der Waals surface area (Å²) < 4.78 is 10.2. The molecule has 3 aromatic heterocycles. The van der Waals surface area contributed by atoms with E-state index in [2.05, 4.69) is 72.8 Å². The lowest BCUT2D eigenvalue weighted by Gasteiger charge is -2.19. The Labute approximate surface area is 262 Å². The lowest BCUT2D eigenvalue weighted by molar-refractivity contribution is -0.142. The van der Waals surface area contributed by atoms with Crippen molar-refractivity contribution in [3.63, 3.8) is 0 Å². The monoisotopic (exact) mass is 608 g/mol. The number of H-pyrrole nitrogens is 3. The van der Waals surface area contributed by atoms with Crippen LogP contribution in [0.1, 0.15) is 87.6 Å². The quantitative estimate of drug-likeness (QED) is 0.244. The molecular weight excluding hydrogens is 568 g/mol. The summed E-state index contributed by atoms with van der Waals surface area (Å²) in [5, 5.41) is 5.57. The van der Waals surface area contributed by atoms with Crippen LogP contribution in [0.3, 0.4) is 0 Å². The van der Waals surface area contributed by atoms with Crippen LogP contribution in [0.25, 0.3) is 29.9 Å². The van der Waals surface area contributed by atoms with E-state index in [0.29, 0.717) is 23.3 Å². The maximum Gasteiger partial charge on any atom is 0.321 e. The van der Waals surface area contributed by atoms with E-state index in [1.807, 2.05) is 13.0 Å². The third kappa shape index (κ3) is 4.64. The zero-order valence-electron chi connectivity index (χ0n) is 26.9. The number of esters is 2. The molecule has 6 rings (SSSR count). The molecule has 9 heteroatoms. The summed E-state index contributed by atoms with van der Waals surface area (Å²) in [7, 11) is 2.68. The Balaban J connectivity index is 1.72. The van der Waals surface area contributed by atoms with Gasteiger partial charge in [0.2, 0.25) is 0 Å². The van der Waals surface area contributed by atoms with E-state index in [9.17, 15) is 14.4 Å². The van der Waals surface area contributed by atoms with Crippen LogP contribution in [0.4, 0.5) is 0 Å². The fraction of sp³-hybridized carbons (Fsp3) is 0.361. The molecule has 0 aromatic carbocycles. The molecule has 1 aliphatic carbocycles. The number of Topliss-reactive ketones (excluding diaryl/α,β-unsaturated/α-hetero) is 1. The number of carbonyl (C=O) groups is 3. The molecule has 1 saturated heterocycles. The number of hydrogen-bond acceptors (Lipinski definition) is 6. The van der Waals surface area contributed by atoms with Gasteiger partial charge in [-0.25, -0.2) is 0 Å². The Morgan fingerprint density at radius 2 is 1.64 bits per heavy atom. The Morgan fingerprint density at radius 1 is 0.933 bits per heavy atom. The van der Waals surface area contributed by atoms with Crippen LogP contribution < -0.4 is 16.0 Å². The number of fused-ring (bicyclic) bond motifs is 7. The van der Waals surface area contributed by atoms with Gasteiger partial charge in [0, 0.05) is 74.1 Å². The highest BCUT2D eigenvalue weighted by molar-refractivity contribution is 6.24. The highest BCUT2D eigenvalue weighted by Gasteiger charge is 2.48. The molecule has 0 radical (unpaired) electrons. The first-order chi connectivity index (χ1) is 21.5. The van der Waals surface area contributed by atoms with Crippen LogP contribution in [0, 0.1) is 38.5 Å². The first-order valence-electron chi connectivity index (χ1n) is 15.4. The molecule has 234 valence electrons. The van der Waals surface area contributed by atoms with E-state index in [1.165, 1.54) is 19.8 Å². The molecule has 5 heterocycles. The zero-order valence-corrected chi connectivity index (χ0v) is 26.9. The fourth-order valence-corrected chi connectivity index (χ4v) is 7.37. The van der Waals surface area contributed by atoms with E-state index in [1.54, 1.807) is 0 Å². The Kier molecular flexibility index (Phi) is 7.59. The lowest BCUT2D eigenvalue weighted by Crippen LogP contribution is -2.25. The number of aromatic nitrogens is 3. The third-order valence-electron chi connectivity index (χ3n) is 9.97. The molecule has 3 aliphatic rings. The van der Waals surface area contributed by atoms with Crippen molar-refractivity contribution in [3.8, 4) is 0 Å². The molecule has 3 aromatic rings. The molecular formula is C36H40N4O5. The van der Waals surface area contributed by atoms with E-state index in [0.717, 1.165) is 67.8 Å². The summed E-state index contributed by atoms with van der Waals surface area (Å²) in [6.07, 6.45) is 9.62. The van der Waals surface area contributed by atoms with Crippen molar-refractivity contribution in [1.29, 1.82) is 0 Å². The summed E-state index contributed by atoms with van der Waals surface area (Å²) >= 11 is 0. The topological polar surface area (TPSA) is 129 Å². The number of hydrogen-bond donors (Lipinski definition) is 4. The maximum absolute atomic E-state index is 14.1. The second-order valence-electron chi connectivity index (χ2n) is 12.2. The van der Waals surface area contributed by atoms with Crippen LogP contribution in [0.5, 0.6) is 0 Å². The molecule has 45 heavy (non-hydrogen) atoms. The number of carbonyl (C=O) groups excluding carboxylic acids is 3. The number of methoxy groups -OCH3 is 2. The number of rotatable bonds is 6. The van der Waals surface area contributed by atoms with Gasteiger partial charge < -0.3 is 29.7 Å². The number of ether oxygens (including phenoxy) is 2. The third-order valence-corrected chi connectivity index (χ3v) is 9.97. The SMILES string of the molecule is C=Cc1c2[nH]c(c1C)/C=C1\N/C(=C3\c4[nH]c(c(C)c4C(=O)C3C(=O)OC)/C=c3/[nH]c(c(C)c3CC)=C2)C(CCC(=O)OC)C1C. The summed E-state index contributed by atoms with van der Waals surface area (Å²) in [6, 6.07) is 0. The van der Waals surface area contributed by atoms with Gasteiger partial charge in [-0.15, -0.1) is 0 Å². The van der Waals surface area contributed by atoms with Crippen LogP contribution in [0.2, 0.25) is 0 Å². The van der Waals surface area contributed by atoms with Gasteiger partial charge in [0.25, 0.3) is 0 Å². The van der Waals surface area contributed by atoms with Crippen molar-refractivity contribution in [2.45, 2.75) is 53.9 Å². The smallest absolute Gasteiger partial charge is 0.321 e. The summed E-state index contributed by atoms with van der Waals surface area (Å²) in [4.78, 5) is 50.5. The van der Waals surface area contributed by atoms with Gasteiger partial charge in [-0.05, 0) is 74.1 Å². The number of ketones is 1. The average molecular weight is 609 g/mol. The van der Waals surface area contributed by atoms with E-state index < -0.39 is 11.9 Å². The second kappa shape index (κ2) is 11.3. The van der Waals surface area contributed by atoms with Crippen LogP contribution in [-0.2, 0) is 25.5 Å². The van der Waals surface area contributed by atoms with Gasteiger partial charge in [-0.1, -0.05) is 26.5 Å². The molecule has 0 amide bonds. The molecule has 1 fully saturated rings. The van der Waals surface area contributed by atoms with Crippen LogP contribution in [-0.4, -0.2) is 46.9 Å². The van der Waals surface area contributed by atoms with Crippen molar-refractivity contribution in [2.24, 2.45) is 17.8 Å². The lowest BCUT2D eigenvalue weighted by atomic mass is 9.85.